The van der Waals surface area contributed by atoms with Crippen LogP contribution in [-0.4, -0.2) is 23.5 Å². The minimum atomic E-state index is -0.425. The average molecular weight is 318 g/mol. The van der Waals surface area contributed by atoms with E-state index in [1.165, 1.54) is 19.3 Å². The number of hydrogen-bond acceptors (Lipinski definition) is 4. The van der Waals surface area contributed by atoms with E-state index < -0.39 is 6.04 Å². The summed E-state index contributed by atoms with van der Waals surface area (Å²) in [6, 6.07) is 5.07. The van der Waals surface area contributed by atoms with E-state index >= 15 is 0 Å². The lowest BCUT2D eigenvalue weighted by molar-refractivity contribution is -0.143. The van der Waals surface area contributed by atoms with Crippen LogP contribution in [0.3, 0.4) is 0 Å². The Morgan fingerprint density at radius 2 is 2.09 bits per heavy atom. The smallest absolute Gasteiger partial charge is 0.308 e. The van der Waals surface area contributed by atoms with Crippen molar-refractivity contribution in [3.63, 3.8) is 0 Å². The molecule has 2 rings (SSSR count). The van der Waals surface area contributed by atoms with Gasteiger partial charge in [-0.1, -0.05) is 25.3 Å². The second-order valence-electron chi connectivity index (χ2n) is 6.09. The number of aromatic nitrogens is 1. The maximum atomic E-state index is 12.3. The number of nitrogens with one attached hydrogen (secondary N) is 1. The largest absolute Gasteiger partial charge is 0.466 e. The predicted octanol–water partition coefficient (Wildman–Crippen LogP) is 3.16. The molecule has 1 aliphatic carbocycles. The van der Waals surface area contributed by atoms with Crippen LogP contribution < -0.4 is 5.32 Å². The highest BCUT2D eigenvalue weighted by molar-refractivity contribution is 5.78. The van der Waals surface area contributed by atoms with E-state index in [4.69, 9.17) is 4.74 Å². The number of carbonyl (C=O) groups excluding carboxylic acids is 2. The fourth-order valence-electron chi connectivity index (χ4n) is 3.10. The molecule has 5 heteroatoms. The van der Waals surface area contributed by atoms with Gasteiger partial charge in [0.25, 0.3) is 0 Å². The normalized spacial score (nSPS) is 16.6. The maximum Gasteiger partial charge on any atom is 0.308 e. The molecule has 0 bridgehead atoms. The Bertz CT molecular complexity index is 498. The van der Waals surface area contributed by atoms with Gasteiger partial charge in [-0.15, -0.1) is 0 Å². The Labute approximate surface area is 137 Å². The third-order valence-corrected chi connectivity index (χ3v) is 4.25. The lowest BCUT2D eigenvalue weighted by atomic mass is 9.87. The molecule has 0 saturated heterocycles. The zero-order valence-corrected chi connectivity index (χ0v) is 13.8. The number of hydrogen-bond donors (Lipinski definition) is 1. The molecule has 1 saturated carbocycles. The molecule has 0 aliphatic heterocycles. The molecule has 1 aliphatic rings. The number of nitrogens with zero attached hydrogens (tertiary/aromatic N) is 1. The van der Waals surface area contributed by atoms with Crippen LogP contribution in [0.4, 0.5) is 0 Å². The lowest BCUT2D eigenvalue weighted by Gasteiger charge is -2.23. The van der Waals surface area contributed by atoms with Gasteiger partial charge >= 0.3 is 5.97 Å². The van der Waals surface area contributed by atoms with Crippen LogP contribution in [0.25, 0.3) is 0 Å². The molecule has 0 radical (unpaired) electrons. The molecule has 1 heterocycles. The molecule has 0 aromatic carbocycles. The molecule has 1 amide bonds. The molecule has 1 unspecified atom stereocenters. The Morgan fingerprint density at radius 3 is 2.74 bits per heavy atom. The van der Waals surface area contributed by atoms with E-state index in [2.05, 4.69) is 10.3 Å². The number of ether oxygens (including phenoxy) is 1. The Kier molecular flexibility index (Phi) is 7.04. The number of pyridine rings is 1. The summed E-state index contributed by atoms with van der Waals surface area (Å²) in [6.45, 7) is 2.11. The zero-order valence-electron chi connectivity index (χ0n) is 13.8. The third kappa shape index (κ3) is 6.00. The van der Waals surface area contributed by atoms with Crippen LogP contribution in [0.5, 0.6) is 0 Å². The first-order valence-electron chi connectivity index (χ1n) is 8.55. The summed E-state index contributed by atoms with van der Waals surface area (Å²) < 4.78 is 5.01. The molecule has 1 aromatic heterocycles. The van der Waals surface area contributed by atoms with Crippen molar-refractivity contribution in [2.45, 2.75) is 57.9 Å². The SMILES string of the molecule is CCOC(=O)CC(NC(=O)CC1CCCCC1)c1ccccn1. The summed E-state index contributed by atoms with van der Waals surface area (Å²) >= 11 is 0. The first-order chi connectivity index (χ1) is 11.2. The van der Waals surface area contributed by atoms with Crippen molar-refractivity contribution >= 4 is 11.9 Å². The minimum Gasteiger partial charge on any atom is -0.466 e. The van der Waals surface area contributed by atoms with Gasteiger partial charge in [0.05, 0.1) is 24.8 Å². The molecule has 1 N–H and O–H groups in total. The molecule has 126 valence electrons. The quantitative estimate of drug-likeness (QED) is 0.784. The highest BCUT2D eigenvalue weighted by atomic mass is 16.5. The molecule has 5 nitrogen and oxygen atoms in total. The number of esters is 1. The van der Waals surface area contributed by atoms with Crippen molar-refractivity contribution in [3.8, 4) is 0 Å². The second-order valence-corrected chi connectivity index (χ2v) is 6.09. The summed E-state index contributed by atoms with van der Waals surface area (Å²) in [5.41, 5.74) is 0.692. The highest BCUT2D eigenvalue weighted by Crippen LogP contribution is 2.26. The van der Waals surface area contributed by atoms with Crippen molar-refractivity contribution in [2.24, 2.45) is 5.92 Å². The van der Waals surface area contributed by atoms with Crippen LogP contribution in [0.15, 0.2) is 24.4 Å². The van der Waals surface area contributed by atoms with Gasteiger partial charge in [-0.3, -0.25) is 14.6 Å². The van der Waals surface area contributed by atoms with E-state index in [1.807, 2.05) is 18.2 Å². The second kappa shape index (κ2) is 9.28. The molecule has 1 atom stereocenters. The fourth-order valence-corrected chi connectivity index (χ4v) is 3.10. The Hall–Kier alpha value is -1.91. The van der Waals surface area contributed by atoms with Gasteiger partial charge in [-0.25, -0.2) is 0 Å². The number of carbonyl (C=O) groups is 2. The zero-order chi connectivity index (χ0) is 16.5. The highest BCUT2D eigenvalue weighted by Gasteiger charge is 2.23. The van der Waals surface area contributed by atoms with Gasteiger partial charge in [0.15, 0.2) is 0 Å². The topological polar surface area (TPSA) is 68.3 Å². The Balaban J connectivity index is 1.95. The summed E-state index contributed by atoms with van der Waals surface area (Å²) in [4.78, 5) is 28.4. The van der Waals surface area contributed by atoms with Crippen LogP contribution in [0.2, 0.25) is 0 Å². The van der Waals surface area contributed by atoms with Gasteiger partial charge in [0, 0.05) is 12.6 Å². The van der Waals surface area contributed by atoms with E-state index in [0.717, 1.165) is 12.8 Å². The Morgan fingerprint density at radius 1 is 1.30 bits per heavy atom. The van der Waals surface area contributed by atoms with Crippen LogP contribution in [0, 0.1) is 5.92 Å². The van der Waals surface area contributed by atoms with Gasteiger partial charge in [0.2, 0.25) is 5.91 Å². The lowest BCUT2D eigenvalue weighted by Crippen LogP contribution is -2.32. The van der Waals surface area contributed by atoms with Crippen molar-refractivity contribution < 1.29 is 14.3 Å². The average Bonchev–Trinajstić information content (AvgIpc) is 2.56. The molecule has 1 fully saturated rings. The van der Waals surface area contributed by atoms with Gasteiger partial charge in [-0.2, -0.15) is 0 Å². The van der Waals surface area contributed by atoms with E-state index in [9.17, 15) is 9.59 Å². The van der Waals surface area contributed by atoms with Crippen molar-refractivity contribution in [2.75, 3.05) is 6.61 Å². The molecule has 1 aromatic rings. The summed E-state index contributed by atoms with van der Waals surface area (Å²) in [5.74, 6) is 0.147. The first kappa shape index (κ1) is 17.4. The summed E-state index contributed by atoms with van der Waals surface area (Å²) in [7, 11) is 0. The van der Waals surface area contributed by atoms with E-state index in [-0.39, 0.29) is 18.3 Å². The minimum absolute atomic E-state index is 0.00292. The van der Waals surface area contributed by atoms with E-state index in [0.29, 0.717) is 24.6 Å². The summed E-state index contributed by atoms with van der Waals surface area (Å²) in [5, 5.41) is 2.97. The fraction of sp³-hybridized carbons (Fsp3) is 0.611. The standard InChI is InChI=1S/C18H26N2O3/c1-2-23-18(22)13-16(15-10-6-7-11-19-15)20-17(21)12-14-8-4-3-5-9-14/h6-7,10-11,14,16H,2-5,8-9,12-13H2,1H3,(H,20,21). The van der Waals surface area contributed by atoms with Crippen LogP contribution in [-0.2, 0) is 14.3 Å². The van der Waals surface area contributed by atoms with Gasteiger partial charge < -0.3 is 10.1 Å². The number of amides is 1. The predicted molar refractivity (Wildman–Crippen MR) is 87.6 cm³/mol. The van der Waals surface area contributed by atoms with Crippen molar-refractivity contribution in [1.29, 1.82) is 0 Å². The molecular formula is C18H26N2O3. The number of rotatable bonds is 7. The van der Waals surface area contributed by atoms with Crippen LogP contribution in [0.1, 0.15) is 63.6 Å². The van der Waals surface area contributed by atoms with E-state index in [1.54, 1.807) is 13.1 Å². The van der Waals surface area contributed by atoms with Gasteiger partial charge in [0.1, 0.15) is 0 Å². The molecular weight excluding hydrogens is 292 g/mol. The van der Waals surface area contributed by atoms with Crippen molar-refractivity contribution in [3.05, 3.63) is 30.1 Å². The monoisotopic (exact) mass is 318 g/mol. The molecule has 23 heavy (non-hydrogen) atoms. The maximum absolute atomic E-state index is 12.3. The molecule has 0 spiro atoms. The van der Waals surface area contributed by atoms with Gasteiger partial charge in [-0.05, 0) is 37.8 Å². The van der Waals surface area contributed by atoms with Crippen molar-refractivity contribution in [1.82, 2.24) is 10.3 Å². The summed E-state index contributed by atoms with van der Waals surface area (Å²) in [6.07, 6.45) is 8.26. The third-order valence-electron chi connectivity index (χ3n) is 4.25. The van der Waals surface area contributed by atoms with Crippen LogP contribution >= 0.6 is 0 Å². The first-order valence-corrected chi connectivity index (χ1v) is 8.55.